The van der Waals surface area contributed by atoms with Crippen molar-refractivity contribution in [1.82, 2.24) is 10.2 Å². The van der Waals surface area contributed by atoms with Crippen molar-refractivity contribution in [2.45, 2.75) is 29.4 Å². The second-order valence-corrected chi connectivity index (χ2v) is 13.1. The van der Waals surface area contributed by atoms with Crippen molar-refractivity contribution in [2.24, 2.45) is 5.92 Å². The normalized spacial score (nSPS) is 16.5. The number of hydrogen-bond acceptors (Lipinski definition) is 6. The Bertz CT molecular complexity index is 1250. The fraction of sp³-hybridized carbons (Fsp3) is 0.348. The standard InChI is InChI=1S/C23H23AsN3O3S/c1-15(16-9-11-30-12-10-16)24-23-20-8-5-18(13-21(20)26-27-22(23)14-25)17-3-6-19(7-4-17)31(2,28)29/h3-8,13,15-16H,9-12H2,1-2H3. The molecule has 2 aromatic carbocycles. The van der Waals surface area contributed by atoms with E-state index in [0.717, 1.165) is 52.4 Å². The van der Waals surface area contributed by atoms with Crippen LogP contribution in [0.25, 0.3) is 22.0 Å². The second-order valence-electron chi connectivity index (χ2n) is 7.86. The van der Waals surface area contributed by atoms with Gasteiger partial charge in [-0.05, 0) is 0 Å². The Morgan fingerprint density at radius 1 is 1.10 bits per heavy atom. The van der Waals surface area contributed by atoms with Gasteiger partial charge >= 0.3 is 190 Å². The zero-order valence-electron chi connectivity index (χ0n) is 17.4. The third kappa shape index (κ3) is 4.82. The van der Waals surface area contributed by atoms with E-state index in [0.29, 0.717) is 21.2 Å². The minimum atomic E-state index is -3.23. The van der Waals surface area contributed by atoms with Gasteiger partial charge in [-0.25, -0.2) is 0 Å². The molecule has 8 heteroatoms. The molecular formula is C23H23AsN3O3S. The van der Waals surface area contributed by atoms with Crippen molar-refractivity contribution in [3.8, 4) is 17.2 Å². The molecule has 1 unspecified atom stereocenters. The number of ether oxygens (including phenoxy) is 1. The van der Waals surface area contributed by atoms with Gasteiger partial charge in [-0.3, -0.25) is 0 Å². The van der Waals surface area contributed by atoms with E-state index in [9.17, 15) is 13.7 Å². The summed E-state index contributed by atoms with van der Waals surface area (Å²) in [5.74, 6) is 0.621. The van der Waals surface area contributed by atoms with Gasteiger partial charge in [0.25, 0.3) is 0 Å². The number of sulfone groups is 1. The molecule has 31 heavy (non-hydrogen) atoms. The van der Waals surface area contributed by atoms with Crippen LogP contribution < -0.4 is 4.35 Å². The minimum absolute atomic E-state index is 0.244. The van der Waals surface area contributed by atoms with E-state index in [2.05, 4.69) is 23.2 Å². The number of aromatic nitrogens is 2. The number of nitrogens with zero attached hydrogens (tertiary/aromatic N) is 3. The van der Waals surface area contributed by atoms with Gasteiger partial charge < -0.3 is 0 Å². The summed E-state index contributed by atoms with van der Waals surface area (Å²) in [6.45, 7) is 3.91. The van der Waals surface area contributed by atoms with Gasteiger partial charge in [-0.15, -0.1) is 0 Å². The van der Waals surface area contributed by atoms with E-state index in [1.165, 1.54) is 6.26 Å². The molecule has 2 heterocycles. The first kappa shape index (κ1) is 22.0. The Balaban J connectivity index is 1.68. The summed E-state index contributed by atoms with van der Waals surface area (Å²) >= 11 is -0.244. The molecule has 1 atom stereocenters. The van der Waals surface area contributed by atoms with Crippen LogP contribution in [0.3, 0.4) is 0 Å². The maximum absolute atomic E-state index is 11.7. The Hall–Kier alpha value is -2.26. The van der Waals surface area contributed by atoms with Crippen LogP contribution in [0, 0.1) is 17.2 Å². The van der Waals surface area contributed by atoms with Crippen LogP contribution in [-0.2, 0) is 14.6 Å². The topological polar surface area (TPSA) is 92.9 Å². The van der Waals surface area contributed by atoms with Gasteiger partial charge in [0.15, 0.2) is 0 Å². The Kier molecular flexibility index (Phi) is 6.43. The molecule has 1 aliphatic rings. The summed E-state index contributed by atoms with van der Waals surface area (Å²) in [5, 5.41) is 19.1. The molecule has 0 bridgehead atoms. The van der Waals surface area contributed by atoms with Crippen molar-refractivity contribution in [3.63, 3.8) is 0 Å². The van der Waals surface area contributed by atoms with Crippen molar-refractivity contribution in [3.05, 3.63) is 48.2 Å². The van der Waals surface area contributed by atoms with Crippen molar-refractivity contribution in [1.29, 1.82) is 5.26 Å². The molecule has 1 aliphatic heterocycles. The number of rotatable bonds is 5. The third-order valence-corrected chi connectivity index (χ3v) is 10.1. The molecule has 1 aromatic heterocycles. The molecule has 159 valence electrons. The summed E-state index contributed by atoms with van der Waals surface area (Å²) in [7, 11) is -3.23. The SMILES string of the molecule is CC([As]c1c(C#N)nnc2cc(-c3ccc(S(C)(=O)=O)cc3)ccc12)C1CCOCC1. The zero-order chi connectivity index (χ0) is 22.0. The molecule has 1 fully saturated rings. The van der Waals surface area contributed by atoms with Gasteiger partial charge in [-0.1, -0.05) is 0 Å². The van der Waals surface area contributed by atoms with E-state index in [-0.39, 0.29) is 15.8 Å². The number of fused-ring (bicyclic) bond motifs is 1. The fourth-order valence-electron chi connectivity index (χ4n) is 3.88. The van der Waals surface area contributed by atoms with E-state index in [1.54, 1.807) is 24.3 Å². The van der Waals surface area contributed by atoms with Crippen LogP contribution in [0.1, 0.15) is 25.5 Å². The van der Waals surface area contributed by atoms with Crippen LogP contribution in [0.15, 0.2) is 47.4 Å². The molecule has 4 rings (SSSR count). The van der Waals surface area contributed by atoms with E-state index in [4.69, 9.17) is 4.74 Å². The predicted molar refractivity (Wildman–Crippen MR) is 121 cm³/mol. The first-order chi connectivity index (χ1) is 14.9. The van der Waals surface area contributed by atoms with Crippen LogP contribution in [-0.4, -0.2) is 53.8 Å². The Morgan fingerprint density at radius 2 is 1.77 bits per heavy atom. The van der Waals surface area contributed by atoms with Crippen molar-refractivity contribution < 1.29 is 13.2 Å². The average molecular weight is 496 g/mol. The van der Waals surface area contributed by atoms with Crippen LogP contribution in [0.4, 0.5) is 0 Å². The predicted octanol–water partition coefficient (Wildman–Crippen LogP) is 3.14. The van der Waals surface area contributed by atoms with Crippen LogP contribution in [0.2, 0.25) is 4.71 Å². The van der Waals surface area contributed by atoms with Crippen molar-refractivity contribution >= 4 is 40.8 Å². The summed E-state index contributed by atoms with van der Waals surface area (Å²) in [6.07, 6.45) is 3.34. The molecule has 0 aliphatic carbocycles. The molecular weight excluding hydrogens is 473 g/mol. The quantitative estimate of drug-likeness (QED) is 0.504. The van der Waals surface area contributed by atoms with Crippen LogP contribution >= 0.6 is 0 Å². The first-order valence-corrected chi connectivity index (χ1v) is 14.1. The molecule has 0 N–H and O–H groups in total. The number of hydrogen-bond donors (Lipinski definition) is 0. The van der Waals surface area contributed by atoms with Gasteiger partial charge in [0.05, 0.1) is 0 Å². The molecule has 0 amide bonds. The summed E-state index contributed by atoms with van der Waals surface area (Å²) in [6, 6.07) is 15.0. The Morgan fingerprint density at radius 3 is 2.42 bits per heavy atom. The summed E-state index contributed by atoms with van der Waals surface area (Å²) in [5.41, 5.74) is 3.03. The molecule has 3 aromatic rings. The number of nitriles is 1. The fourth-order valence-corrected chi connectivity index (χ4v) is 7.58. The third-order valence-electron chi connectivity index (χ3n) is 5.74. The van der Waals surface area contributed by atoms with Crippen LogP contribution in [0.5, 0.6) is 0 Å². The summed E-state index contributed by atoms with van der Waals surface area (Å²) < 4.78 is 30.5. The van der Waals surface area contributed by atoms with Gasteiger partial charge in [-0.2, -0.15) is 0 Å². The van der Waals surface area contributed by atoms with Gasteiger partial charge in [0, 0.05) is 0 Å². The maximum atomic E-state index is 11.7. The number of benzene rings is 2. The van der Waals surface area contributed by atoms with E-state index in [1.807, 2.05) is 18.2 Å². The zero-order valence-corrected chi connectivity index (χ0v) is 20.1. The van der Waals surface area contributed by atoms with Crippen molar-refractivity contribution in [2.75, 3.05) is 19.5 Å². The first-order valence-electron chi connectivity index (χ1n) is 10.2. The molecule has 1 saturated heterocycles. The monoisotopic (exact) mass is 496 g/mol. The molecule has 0 spiro atoms. The average Bonchev–Trinajstić information content (AvgIpc) is 2.79. The van der Waals surface area contributed by atoms with Gasteiger partial charge in [0.1, 0.15) is 0 Å². The summed E-state index contributed by atoms with van der Waals surface area (Å²) in [4.78, 5) is 0.295. The molecule has 0 saturated carbocycles. The Labute approximate surface area is 189 Å². The second kappa shape index (κ2) is 9.08. The molecule has 1 radical (unpaired) electrons. The van der Waals surface area contributed by atoms with Gasteiger partial charge in [0.2, 0.25) is 0 Å². The van der Waals surface area contributed by atoms with E-state index >= 15 is 0 Å². The molecule has 6 nitrogen and oxygen atoms in total. The van der Waals surface area contributed by atoms with E-state index < -0.39 is 9.84 Å².